The molecule has 9 unspecified atom stereocenters. The Morgan fingerprint density at radius 1 is 1.04 bits per heavy atom. The molecule has 0 radical (unpaired) electrons. The highest BCUT2D eigenvalue weighted by Crippen LogP contribution is 2.34. The zero-order valence-corrected chi connectivity index (χ0v) is 28.0. The molecule has 0 aliphatic carbocycles. The number of amides is 1. The fourth-order valence-corrected chi connectivity index (χ4v) is 7.01. The summed E-state index contributed by atoms with van der Waals surface area (Å²) in [6.45, 7) is 8.62. The van der Waals surface area contributed by atoms with Crippen LogP contribution >= 0.6 is 0 Å². The summed E-state index contributed by atoms with van der Waals surface area (Å²) >= 11 is 0. The van der Waals surface area contributed by atoms with E-state index in [2.05, 4.69) is 10.3 Å². The molecule has 5 rings (SSSR count). The van der Waals surface area contributed by atoms with Crippen molar-refractivity contribution in [2.45, 2.75) is 114 Å². The third-order valence-corrected chi connectivity index (χ3v) is 9.43. The fourth-order valence-electron chi connectivity index (χ4n) is 7.01. The summed E-state index contributed by atoms with van der Waals surface area (Å²) in [6.07, 6.45) is -2.72. The molecule has 1 aromatic carbocycles. The molecule has 3 aliphatic rings. The minimum absolute atomic E-state index is 0.0891. The van der Waals surface area contributed by atoms with E-state index in [1.165, 1.54) is 4.57 Å². The van der Waals surface area contributed by atoms with Crippen molar-refractivity contribution in [3.63, 3.8) is 0 Å². The number of carbonyl (C=O) groups is 2. The van der Waals surface area contributed by atoms with Crippen LogP contribution in [0.4, 0.5) is 5.69 Å². The van der Waals surface area contributed by atoms with Crippen LogP contribution in [-0.4, -0.2) is 116 Å². The number of likely N-dealkylation sites (N-methyl/N-ethyl adjacent to an activating group) is 1. The van der Waals surface area contributed by atoms with E-state index in [9.17, 15) is 29.7 Å². The number of aromatic nitrogens is 2. The molecule has 0 spiro atoms. The molecule has 3 fully saturated rings. The number of rotatable bonds is 9. The molecule has 4 heterocycles. The van der Waals surface area contributed by atoms with Crippen LogP contribution in [0, 0.1) is 0 Å². The quantitative estimate of drug-likeness (QED) is 0.277. The average Bonchev–Trinajstić information content (AvgIpc) is 3.19. The first-order valence-electron chi connectivity index (χ1n) is 16.0. The second-order valence-electron chi connectivity index (χ2n) is 13.8. The van der Waals surface area contributed by atoms with Crippen molar-refractivity contribution in [1.29, 1.82) is 0 Å². The lowest BCUT2D eigenvalue weighted by atomic mass is 9.96. The molecule has 0 bridgehead atoms. The number of carbonyl (C=O) groups excluding carboxylic acids is 2. The Morgan fingerprint density at radius 3 is 2.30 bits per heavy atom. The van der Waals surface area contributed by atoms with E-state index in [-0.39, 0.29) is 36.9 Å². The van der Waals surface area contributed by atoms with Crippen molar-refractivity contribution in [1.82, 2.24) is 19.8 Å². The Balaban J connectivity index is 1.18. The predicted molar refractivity (Wildman–Crippen MR) is 171 cm³/mol. The number of Topliss-reactive ketones (excluding diaryl/α,β-unsaturated/α-hetero) is 1. The van der Waals surface area contributed by atoms with Gasteiger partial charge in [-0.15, -0.1) is 0 Å². The van der Waals surface area contributed by atoms with Crippen LogP contribution in [0.3, 0.4) is 0 Å². The van der Waals surface area contributed by atoms with Gasteiger partial charge in [0, 0.05) is 17.4 Å². The van der Waals surface area contributed by atoms with E-state index >= 15 is 0 Å². The molecule has 258 valence electrons. The summed E-state index contributed by atoms with van der Waals surface area (Å²) in [6, 6.07) is 7.87. The third-order valence-electron chi connectivity index (χ3n) is 9.43. The predicted octanol–water partition coefficient (Wildman–Crippen LogP) is 0.572. The number of ether oxygens (including phenoxy) is 3. The van der Waals surface area contributed by atoms with Gasteiger partial charge in [-0.2, -0.15) is 4.98 Å². The van der Waals surface area contributed by atoms with Crippen LogP contribution in [0.15, 0.2) is 41.3 Å². The number of ketones is 1. The van der Waals surface area contributed by atoms with Gasteiger partial charge in [0.1, 0.15) is 24.0 Å². The molecule has 3 saturated heterocycles. The summed E-state index contributed by atoms with van der Waals surface area (Å²) in [5, 5.41) is 34.2. The Bertz CT molecular complexity index is 1510. The van der Waals surface area contributed by atoms with Gasteiger partial charge in [0.2, 0.25) is 0 Å². The molecule has 14 nitrogen and oxygen atoms in total. The Kier molecular flexibility index (Phi) is 10.1. The number of aliphatic hydroxyl groups is 3. The first kappa shape index (κ1) is 35.2. The van der Waals surface area contributed by atoms with Crippen LogP contribution in [0.1, 0.15) is 69.7 Å². The van der Waals surface area contributed by atoms with E-state index in [1.54, 1.807) is 48.4 Å². The number of anilines is 1. The Morgan fingerprint density at radius 2 is 1.72 bits per heavy atom. The van der Waals surface area contributed by atoms with Crippen molar-refractivity contribution >= 4 is 17.4 Å². The molecule has 0 saturated carbocycles. The van der Waals surface area contributed by atoms with Crippen LogP contribution in [0.2, 0.25) is 0 Å². The number of hydrogen-bond acceptors (Lipinski definition) is 12. The average molecular weight is 658 g/mol. The van der Waals surface area contributed by atoms with Gasteiger partial charge in [-0.25, -0.2) is 4.79 Å². The van der Waals surface area contributed by atoms with Crippen LogP contribution < -0.4 is 15.9 Å². The molecular formula is C33H47N5O9. The van der Waals surface area contributed by atoms with Crippen molar-refractivity contribution in [2.24, 2.45) is 0 Å². The normalized spacial score (nSPS) is 34.2. The highest BCUT2D eigenvalue weighted by atomic mass is 16.7. The number of nitrogens with one attached hydrogen (secondary N) is 1. The maximum absolute atomic E-state index is 13.1. The maximum Gasteiger partial charge on any atom is 0.349 e. The maximum atomic E-state index is 13.1. The molecular weight excluding hydrogens is 610 g/mol. The van der Waals surface area contributed by atoms with Gasteiger partial charge in [-0.3, -0.25) is 24.4 Å². The van der Waals surface area contributed by atoms with Crippen molar-refractivity contribution in [3.8, 4) is 0 Å². The lowest BCUT2D eigenvalue weighted by Crippen LogP contribution is -2.62. The minimum atomic E-state index is -1.23. The first-order valence-corrected chi connectivity index (χ1v) is 16.0. The zero-order chi connectivity index (χ0) is 34.4. The van der Waals surface area contributed by atoms with Gasteiger partial charge in [0.05, 0.1) is 48.7 Å². The van der Waals surface area contributed by atoms with Gasteiger partial charge in [0.15, 0.2) is 12.1 Å². The van der Waals surface area contributed by atoms with Crippen molar-refractivity contribution < 1.29 is 39.1 Å². The largest absolute Gasteiger partial charge is 0.394 e. The second-order valence-corrected chi connectivity index (χ2v) is 13.8. The van der Waals surface area contributed by atoms with Gasteiger partial charge in [-0.1, -0.05) is 0 Å². The standard InChI is InChI=1S/C33H47N5O9/c1-18-24(47-29-28(42)27(41)26(36(6)7)19(2)46-29)12-13-25(45-18)37-15-14-21(34-31(37)44)16-23(40)20-8-10-22(11-9-20)38-30(43)33(5,17-39)35-32(38,3)4/h8-11,14-15,18-19,24-29,35,39,41-42H,12-13,16-17H2,1-7H3. The van der Waals surface area contributed by atoms with Crippen LogP contribution in [0.25, 0.3) is 0 Å². The summed E-state index contributed by atoms with van der Waals surface area (Å²) < 4.78 is 19.5. The van der Waals surface area contributed by atoms with Gasteiger partial charge in [-0.05, 0) is 91.9 Å². The van der Waals surface area contributed by atoms with E-state index < -0.39 is 53.8 Å². The lowest BCUT2D eigenvalue weighted by molar-refractivity contribution is -0.310. The monoisotopic (exact) mass is 657 g/mol. The summed E-state index contributed by atoms with van der Waals surface area (Å²) in [7, 11) is 3.62. The molecule has 4 N–H and O–H groups in total. The highest BCUT2D eigenvalue weighted by Gasteiger charge is 2.52. The highest BCUT2D eigenvalue weighted by molar-refractivity contribution is 6.04. The molecule has 3 aliphatic heterocycles. The molecule has 1 amide bonds. The summed E-state index contributed by atoms with van der Waals surface area (Å²) in [5.41, 5.74) is -1.09. The fraction of sp³-hybridized carbons (Fsp3) is 0.636. The topological polar surface area (TPSA) is 176 Å². The van der Waals surface area contributed by atoms with E-state index in [4.69, 9.17) is 14.2 Å². The molecule has 9 atom stereocenters. The Labute approximate surface area is 274 Å². The van der Waals surface area contributed by atoms with Crippen molar-refractivity contribution in [2.75, 3.05) is 25.6 Å². The van der Waals surface area contributed by atoms with E-state index in [0.717, 1.165) is 0 Å². The van der Waals surface area contributed by atoms with Gasteiger partial charge >= 0.3 is 5.69 Å². The van der Waals surface area contributed by atoms with Crippen molar-refractivity contribution in [3.05, 3.63) is 58.3 Å². The van der Waals surface area contributed by atoms with E-state index in [0.29, 0.717) is 29.8 Å². The van der Waals surface area contributed by atoms with Gasteiger partial charge < -0.3 is 34.4 Å². The summed E-state index contributed by atoms with van der Waals surface area (Å²) in [5.74, 6) is -0.504. The third kappa shape index (κ3) is 6.92. The smallest absolute Gasteiger partial charge is 0.349 e. The summed E-state index contributed by atoms with van der Waals surface area (Å²) in [4.78, 5) is 46.7. The number of aliphatic hydroxyl groups excluding tert-OH is 3. The minimum Gasteiger partial charge on any atom is -0.394 e. The second kappa shape index (κ2) is 13.4. The molecule has 47 heavy (non-hydrogen) atoms. The van der Waals surface area contributed by atoms with Crippen LogP contribution in [0.5, 0.6) is 0 Å². The number of benzene rings is 1. The molecule has 1 aromatic heterocycles. The SMILES string of the molecule is CC1OC(n2ccc(CC(=O)c3ccc(N4C(=O)C(C)(CO)NC4(C)C)cc3)nc2=O)CCC1OC1OC(C)C(N(C)C)C(O)C1O. The van der Waals surface area contributed by atoms with Crippen LogP contribution in [-0.2, 0) is 25.4 Å². The lowest BCUT2D eigenvalue weighted by Gasteiger charge is -2.46. The molecule has 14 heteroatoms. The van der Waals surface area contributed by atoms with E-state index in [1.807, 2.05) is 46.7 Å². The van der Waals surface area contributed by atoms with Gasteiger partial charge in [0.25, 0.3) is 5.91 Å². The first-order chi connectivity index (χ1) is 22.1. The Hall–Kier alpha value is -3.08. The molecule has 2 aromatic rings. The number of hydrogen-bond donors (Lipinski definition) is 4. The zero-order valence-electron chi connectivity index (χ0n) is 28.0. The number of nitrogens with zero attached hydrogens (tertiary/aromatic N) is 4.